The van der Waals surface area contributed by atoms with E-state index in [-0.39, 0.29) is 5.78 Å². The summed E-state index contributed by atoms with van der Waals surface area (Å²) in [6, 6.07) is 4.35. The third-order valence-electron chi connectivity index (χ3n) is 4.37. The number of nitrogens with zero attached hydrogens (tertiary/aromatic N) is 2. The van der Waals surface area contributed by atoms with Crippen LogP contribution in [-0.4, -0.2) is 62.2 Å². The summed E-state index contributed by atoms with van der Waals surface area (Å²) in [4.78, 5) is 26.7. The maximum absolute atomic E-state index is 14.2. The van der Waals surface area contributed by atoms with Gasteiger partial charge in [-0.1, -0.05) is 0 Å². The van der Waals surface area contributed by atoms with Gasteiger partial charge in [-0.3, -0.25) is 9.59 Å². The first-order valence-corrected chi connectivity index (χ1v) is 9.88. The number of amides is 1. The fourth-order valence-corrected chi connectivity index (χ4v) is 3.47. The Kier molecular flexibility index (Phi) is 5.82. The highest BCUT2D eigenvalue weighted by molar-refractivity contribution is 7.92. The van der Waals surface area contributed by atoms with Crippen LogP contribution in [-0.2, 0) is 14.6 Å². The molecule has 1 amide bonds. The number of halogens is 1. The topological polar surface area (TPSA) is 74.8 Å². The summed E-state index contributed by atoms with van der Waals surface area (Å²) >= 11 is 0. The zero-order valence-electron chi connectivity index (χ0n) is 14.7. The zero-order valence-corrected chi connectivity index (χ0v) is 15.5. The average Bonchev–Trinajstić information content (AvgIpc) is 2.54. The Labute approximate surface area is 147 Å². The molecule has 1 fully saturated rings. The van der Waals surface area contributed by atoms with Crippen molar-refractivity contribution in [3.63, 3.8) is 0 Å². The molecule has 1 heterocycles. The number of piperazine rings is 1. The van der Waals surface area contributed by atoms with Crippen molar-refractivity contribution in [3.05, 3.63) is 29.6 Å². The van der Waals surface area contributed by atoms with E-state index in [0.717, 1.165) is 0 Å². The highest BCUT2D eigenvalue weighted by atomic mass is 32.2. The third-order valence-corrected chi connectivity index (χ3v) is 6.46. The lowest BCUT2D eigenvalue weighted by atomic mass is 10.1. The van der Waals surface area contributed by atoms with Crippen molar-refractivity contribution in [1.82, 2.24) is 4.90 Å². The summed E-state index contributed by atoms with van der Waals surface area (Å²) in [6.07, 6.45) is 0. The molecule has 1 aliphatic rings. The van der Waals surface area contributed by atoms with Crippen LogP contribution in [0.5, 0.6) is 0 Å². The monoisotopic (exact) mass is 370 g/mol. The molecule has 1 aliphatic heterocycles. The van der Waals surface area contributed by atoms with Gasteiger partial charge in [0.2, 0.25) is 5.91 Å². The number of carbonyl (C=O) groups is 2. The van der Waals surface area contributed by atoms with Crippen molar-refractivity contribution in [2.75, 3.05) is 36.8 Å². The molecule has 8 heteroatoms. The number of ketones is 1. The molecule has 6 nitrogen and oxygen atoms in total. The number of hydrogen-bond donors (Lipinski definition) is 0. The summed E-state index contributed by atoms with van der Waals surface area (Å²) in [6.45, 7) is 5.96. The van der Waals surface area contributed by atoms with Gasteiger partial charge in [0.1, 0.15) is 11.6 Å². The first-order chi connectivity index (χ1) is 11.6. The van der Waals surface area contributed by atoms with E-state index < -0.39 is 32.6 Å². The molecule has 0 N–H and O–H groups in total. The van der Waals surface area contributed by atoms with Crippen LogP contribution in [0.25, 0.3) is 0 Å². The van der Waals surface area contributed by atoms with Crippen LogP contribution in [0.15, 0.2) is 18.2 Å². The lowest BCUT2D eigenvalue weighted by Gasteiger charge is -2.36. The minimum atomic E-state index is -3.43. The van der Waals surface area contributed by atoms with Gasteiger partial charge in [0.05, 0.1) is 10.9 Å². The summed E-state index contributed by atoms with van der Waals surface area (Å²) in [5.74, 6) is -1.59. The minimum absolute atomic E-state index is 0.202. The van der Waals surface area contributed by atoms with E-state index in [4.69, 9.17) is 0 Å². The van der Waals surface area contributed by atoms with Gasteiger partial charge in [0.25, 0.3) is 0 Å². The molecular formula is C17H23FN2O4S. The highest BCUT2D eigenvalue weighted by Gasteiger charge is 2.27. The van der Waals surface area contributed by atoms with Gasteiger partial charge in [-0.15, -0.1) is 0 Å². The van der Waals surface area contributed by atoms with Crippen molar-refractivity contribution in [2.24, 2.45) is 0 Å². The molecule has 0 aromatic heterocycles. The Bertz CT molecular complexity index is 769. The number of benzene rings is 1. The molecule has 0 unspecified atom stereocenters. The molecule has 0 bridgehead atoms. The predicted octanol–water partition coefficient (Wildman–Crippen LogP) is 1.50. The SMILES string of the molecule is CC(=O)c1ccc(N2CCN(C(=O)CS(=O)(=O)C(C)C)CC2)c(F)c1. The van der Waals surface area contributed by atoms with Crippen LogP contribution in [0.4, 0.5) is 10.1 Å². The molecule has 0 saturated carbocycles. The van der Waals surface area contributed by atoms with E-state index in [1.807, 2.05) is 0 Å². The maximum atomic E-state index is 14.2. The Morgan fingerprint density at radius 1 is 1.16 bits per heavy atom. The number of sulfone groups is 1. The molecule has 2 rings (SSSR count). The van der Waals surface area contributed by atoms with Gasteiger partial charge in [0, 0.05) is 31.7 Å². The van der Waals surface area contributed by atoms with Crippen LogP contribution in [0.2, 0.25) is 0 Å². The van der Waals surface area contributed by atoms with E-state index in [2.05, 4.69) is 0 Å². The molecular weight excluding hydrogens is 347 g/mol. The molecule has 1 aromatic rings. The Morgan fingerprint density at radius 3 is 2.24 bits per heavy atom. The van der Waals surface area contributed by atoms with Crippen molar-refractivity contribution in [3.8, 4) is 0 Å². The predicted molar refractivity (Wildman–Crippen MR) is 94.1 cm³/mol. The smallest absolute Gasteiger partial charge is 0.237 e. The van der Waals surface area contributed by atoms with Gasteiger partial charge in [-0.25, -0.2) is 12.8 Å². The second kappa shape index (κ2) is 7.51. The van der Waals surface area contributed by atoms with E-state index in [1.54, 1.807) is 30.9 Å². The molecule has 1 saturated heterocycles. The zero-order chi connectivity index (χ0) is 18.8. The second-order valence-electron chi connectivity index (χ2n) is 6.45. The molecule has 0 aliphatic carbocycles. The number of Topliss-reactive ketones (excluding diaryl/α,β-unsaturated/α-hetero) is 1. The summed E-state index contributed by atoms with van der Waals surface area (Å²) in [5, 5.41) is -0.591. The number of hydrogen-bond acceptors (Lipinski definition) is 5. The Hall–Kier alpha value is -1.96. The van der Waals surface area contributed by atoms with E-state index in [0.29, 0.717) is 37.4 Å². The van der Waals surface area contributed by atoms with E-state index in [1.165, 1.54) is 17.9 Å². The number of anilines is 1. The van der Waals surface area contributed by atoms with Crippen LogP contribution < -0.4 is 4.90 Å². The lowest BCUT2D eigenvalue weighted by molar-refractivity contribution is -0.128. The Morgan fingerprint density at radius 2 is 1.76 bits per heavy atom. The van der Waals surface area contributed by atoms with E-state index >= 15 is 0 Å². The van der Waals surface area contributed by atoms with Gasteiger partial charge < -0.3 is 9.80 Å². The van der Waals surface area contributed by atoms with Crippen LogP contribution in [0, 0.1) is 5.82 Å². The number of rotatable bonds is 5. The first kappa shape index (κ1) is 19.4. The van der Waals surface area contributed by atoms with Crippen molar-refractivity contribution in [2.45, 2.75) is 26.0 Å². The molecule has 0 atom stereocenters. The highest BCUT2D eigenvalue weighted by Crippen LogP contribution is 2.22. The summed E-state index contributed by atoms with van der Waals surface area (Å²) in [7, 11) is -3.43. The maximum Gasteiger partial charge on any atom is 0.237 e. The molecule has 138 valence electrons. The van der Waals surface area contributed by atoms with Gasteiger partial charge >= 0.3 is 0 Å². The van der Waals surface area contributed by atoms with Crippen molar-refractivity contribution >= 4 is 27.2 Å². The number of carbonyl (C=O) groups excluding carboxylic acids is 2. The molecule has 0 radical (unpaired) electrons. The minimum Gasteiger partial charge on any atom is -0.366 e. The fraction of sp³-hybridized carbons (Fsp3) is 0.529. The lowest BCUT2D eigenvalue weighted by Crippen LogP contribution is -2.50. The van der Waals surface area contributed by atoms with E-state index in [9.17, 15) is 22.4 Å². The van der Waals surface area contributed by atoms with Gasteiger partial charge in [0.15, 0.2) is 15.6 Å². The van der Waals surface area contributed by atoms with Crippen LogP contribution in [0.3, 0.4) is 0 Å². The third kappa shape index (κ3) is 4.56. The fourth-order valence-electron chi connectivity index (χ4n) is 2.61. The van der Waals surface area contributed by atoms with Crippen LogP contribution >= 0.6 is 0 Å². The largest absolute Gasteiger partial charge is 0.366 e. The molecule has 25 heavy (non-hydrogen) atoms. The average molecular weight is 370 g/mol. The Balaban J connectivity index is 2.00. The quantitative estimate of drug-likeness (QED) is 0.735. The van der Waals surface area contributed by atoms with Gasteiger partial charge in [-0.2, -0.15) is 0 Å². The summed E-state index contributed by atoms with van der Waals surface area (Å²) in [5.41, 5.74) is 0.695. The normalized spacial score (nSPS) is 15.6. The standard InChI is InChI=1S/C17H23FN2O4S/c1-12(2)25(23,24)11-17(22)20-8-6-19(7-9-20)16-5-4-14(13(3)21)10-15(16)18/h4-5,10,12H,6-9,11H2,1-3H3. The second-order valence-corrected chi connectivity index (χ2v) is 9.00. The summed E-state index contributed by atoms with van der Waals surface area (Å²) < 4.78 is 37.9. The van der Waals surface area contributed by atoms with Crippen molar-refractivity contribution < 1.29 is 22.4 Å². The molecule has 1 aromatic carbocycles. The first-order valence-electron chi connectivity index (χ1n) is 8.16. The molecule has 0 spiro atoms. The van der Waals surface area contributed by atoms with Crippen LogP contribution in [0.1, 0.15) is 31.1 Å². The van der Waals surface area contributed by atoms with Crippen molar-refractivity contribution in [1.29, 1.82) is 0 Å². The van der Waals surface area contributed by atoms with Gasteiger partial charge in [-0.05, 0) is 39.0 Å².